The van der Waals surface area contributed by atoms with Gasteiger partial charge in [0, 0.05) is 22.2 Å². The van der Waals surface area contributed by atoms with Crippen LogP contribution in [0, 0.1) is 0 Å². The lowest BCUT2D eigenvalue weighted by molar-refractivity contribution is -0.135. The summed E-state index contributed by atoms with van der Waals surface area (Å²) >= 11 is 11.8. The van der Waals surface area contributed by atoms with Crippen LogP contribution in [-0.4, -0.2) is 11.8 Å². The molecule has 1 aliphatic heterocycles. The molecule has 0 amide bonds. The SMILES string of the molecule is O=C1Oc2cc(Cl)ccc2C(=O)C1c1cc2c(=O)oc3cc(Cl)ccc3c2o1. The standard InChI is InChI=1S/C20H8Cl2O6/c21-8-1-3-10-13(5-8)28-20(25)16(17(10)23)15-7-12-18(26-15)11-4-2-9(22)6-14(11)27-19(12)24/h1-7,16H. The molecule has 6 nitrogen and oxygen atoms in total. The van der Waals surface area contributed by atoms with Crippen molar-refractivity contribution >= 4 is 56.9 Å². The van der Waals surface area contributed by atoms with Crippen molar-refractivity contribution in [3.63, 3.8) is 0 Å². The third kappa shape index (κ3) is 2.46. The maximum atomic E-state index is 12.9. The number of ether oxygens (including phenoxy) is 1. The van der Waals surface area contributed by atoms with Gasteiger partial charge in [0.05, 0.1) is 10.9 Å². The largest absolute Gasteiger partial charge is 0.459 e. The molecule has 8 heteroatoms. The predicted molar refractivity (Wildman–Crippen MR) is 101 cm³/mol. The van der Waals surface area contributed by atoms with Crippen molar-refractivity contribution in [2.24, 2.45) is 0 Å². The maximum absolute atomic E-state index is 12.9. The molecule has 2 aromatic carbocycles. The molecule has 0 spiro atoms. The number of furan rings is 1. The minimum absolute atomic E-state index is 0.000324. The van der Waals surface area contributed by atoms with E-state index < -0.39 is 23.3 Å². The summed E-state index contributed by atoms with van der Waals surface area (Å²) in [6, 6.07) is 10.5. The molecule has 138 valence electrons. The minimum atomic E-state index is -1.33. The van der Waals surface area contributed by atoms with Gasteiger partial charge in [-0.2, -0.15) is 0 Å². The number of carbonyl (C=O) groups excluding carboxylic acids is 2. The first-order valence-corrected chi connectivity index (χ1v) is 8.89. The number of carbonyl (C=O) groups is 2. The molecule has 0 saturated heterocycles. The number of ketones is 1. The van der Waals surface area contributed by atoms with Crippen LogP contribution in [0.15, 0.2) is 56.1 Å². The summed E-state index contributed by atoms with van der Waals surface area (Å²) < 4.78 is 16.3. The quantitative estimate of drug-likeness (QED) is 0.193. The summed E-state index contributed by atoms with van der Waals surface area (Å²) in [5.41, 5.74) is -0.00874. The molecule has 2 aromatic heterocycles. The van der Waals surface area contributed by atoms with E-state index >= 15 is 0 Å². The highest BCUT2D eigenvalue weighted by molar-refractivity contribution is 6.31. The van der Waals surface area contributed by atoms with Crippen molar-refractivity contribution in [3.05, 3.63) is 74.3 Å². The molecule has 3 heterocycles. The normalized spacial score (nSPS) is 16.4. The number of Topliss-reactive ketones (excluding diaryl/α,β-unsaturated/α-hetero) is 1. The summed E-state index contributed by atoms with van der Waals surface area (Å²) in [7, 11) is 0. The number of hydrogen-bond donors (Lipinski definition) is 0. The van der Waals surface area contributed by atoms with Gasteiger partial charge in [-0.05, 0) is 30.3 Å². The lowest BCUT2D eigenvalue weighted by Gasteiger charge is -2.20. The second kappa shape index (κ2) is 5.95. The van der Waals surface area contributed by atoms with Crippen LogP contribution >= 0.6 is 23.2 Å². The van der Waals surface area contributed by atoms with E-state index in [1.54, 1.807) is 12.1 Å². The smallest absolute Gasteiger partial charge is 0.347 e. The maximum Gasteiger partial charge on any atom is 0.347 e. The zero-order chi connectivity index (χ0) is 19.6. The van der Waals surface area contributed by atoms with Gasteiger partial charge in [-0.3, -0.25) is 9.59 Å². The Labute approximate surface area is 166 Å². The van der Waals surface area contributed by atoms with Gasteiger partial charge in [-0.1, -0.05) is 23.2 Å². The van der Waals surface area contributed by atoms with Gasteiger partial charge in [0.1, 0.15) is 22.5 Å². The Hall–Kier alpha value is -3.09. The van der Waals surface area contributed by atoms with E-state index in [9.17, 15) is 14.4 Å². The molecule has 1 atom stereocenters. The van der Waals surface area contributed by atoms with Crippen molar-refractivity contribution in [1.82, 2.24) is 0 Å². The summed E-state index contributed by atoms with van der Waals surface area (Å²) in [5.74, 6) is -2.55. The molecular formula is C20H8Cl2O6. The molecule has 0 bridgehead atoms. The van der Waals surface area contributed by atoms with E-state index in [0.29, 0.717) is 15.4 Å². The van der Waals surface area contributed by atoms with Crippen LogP contribution in [0.25, 0.3) is 21.9 Å². The summed E-state index contributed by atoms with van der Waals surface area (Å²) in [6.45, 7) is 0. The van der Waals surface area contributed by atoms with Crippen LogP contribution in [0.5, 0.6) is 5.75 Å². The predicted octanol–water partition coefficient (Wildman–Crippen LogP) is 4.73. The van der Waals surface area contributed by atoms with Crippen molar-refractivity contribution in [2.75, 3.05) is 0 Å². The van der Waals surface area contributed by atoms with Crippen molar-refractivity contribution < 1.29 is 23.2 Å². The highest BCUT2D eigenvalue weighted by Crippen LogP contribution is 2.37. The van der Waals surface area contributed by atoms with Crippen LogP contribution in [0.4, 0.5) is 0 Å². The minimum Gasteiger partial charge on any atom is -0.459 e. The highest BCUT2D eigenvalue weighted by atomic mass is 35.5. The fourth-order valence-electron chi connectivity index (χ4n) is 3.29. The van der Waals surface area contributed by atoms with Gasteiger partial charge < -0.3 is 13.6 Å². The second-order valence-corrected chi connectivity index (χ2v) is 7.15. The summed E-state index contributed by atoms with van der Waals surface area (Å²) in [4.78, 5) is 37.7. The number of halogens is 2. The number of rotatable bonds is 1. The molecule has 4 aromatic rings. The van der Waals surface area contributed by atoms with Gasteiger partial charge in [-0.25, -0.2) is 4.79 Å². The average Bonchev–Trinajstić information content (AvgIpc) is 3.06. The molecule has 28 heavy (non-hydrogen) atoms. The highest BCUT2D eigenvalue weighted by Gasteiger charge is 2.40. The molecule has 0 aliphatic carbocycles. The van der Waals surface area contributed by atoms with Gasteiger partial charge in [-0.15, -0.1) is 0 Å². The van der Waals surface area contributed by atoms with E-state index in [4.69, 9.17) is 36.8 Å². The Morgan fingerprint density at radius 2 is 1.57 bits per heavy atom. The summed E-state index contributed by atoms with van der Waals surface area (Å²) in [5, 5.41) is 1.34. The number of benzene rings is 2. The van der Waals surface area contributed by atoms with Crippen LogP contribution in [0.3, 0.4) is 0 Å². The van der Waals surface area contributed by atoms with Crippen LogP contribution in [0.2, 0.25) is 10.0 Å². The lowest BCUT2D eigenvalue weighted by Crippen LogP contribution is -2.31. The Bertz CT molecular complexity index is 1380. The average molecular weight is 415 g/mol. The second-order valence-electron chi connectivity index (χ2n) is 6.28. The fraction of sp³-hybridized carbons (Fsp3) is 0.0500. The number of hydrogen-bond acceptors (Lipinski definition) is 6. The third-order valence-corrected chi connectivity index (χ3v) is 5.03. The van der Waals surface area contributed by atoms with Crippen molar-refractivity contribution in [2.45, 2.75) is 5.92 Å². The van der Waals surface area contributed by atoms with Gasteiger partial charge >= 0.3 is 11.6 Å². The first-order chi connectivity index (χ1) is 13.4. The Morgan fingerprint density at radius 3 is 2.39 bits per heavy atom. The first-order valence-electron chi connectivity index (χ1n) is 8.13. The van der Waals surface area contributed by atoms with Crippen molar-refractivity contribution in [1.29, 1.82) is 0 Å². The van der Waals surface area contributed by atoms with Crippen molar-refractivity contribution in [3.8, 4) is 5.75 Å². The zero-order valence-electron chi connectivity index (χ0n) is 13.8. The first kappa shape index (κ1) is 17.0. The van der Waals surface area contributed by atoms with Crippen LogP contribution < -0.4 is 10.4 Å². The molecular weight excluding hydrogens is 407 g/mol. The van der Waals surface area contributed by atoms with Gasteiger partial charge in [0.2, 0.25) is 0 Å². The molecule has 1 unspecified atom stereocenters. The topological polar surface area (TPSA) is 86.7 Å². The molecule has 0 radical (unpaired) electrons. The molecule has 0 saturated carbocycles. The molecule has 0 N–H and O–H groups in total. The Balaban J connectivity index is 1.71. The van der Waals surface area contributed by atoms with Gasteiger partial charge in [0.25, 0.3) is 0 Å². The van der Waals surface area contributed by atoms with E-state index in [-0.39, 0.29) is 33.6 Å². The Kier molecular flexibility index (Phi) is 3.62. The van der Waals surface area contributed by atoms with E-state index in [1.807, 2.05) is 0 Å². The van der Waals surface area contributed by atoms with Gasteiger partial charge in [0.15, 0.2) is 17.3 Å². The fourth-order valence-corrected chi connectivity index (χ4v) is 3.61. The monoisotopic (exact) mass is 414 g/mol. The molecule has 5 rings (SSSR count). The lowest BCUT2D eigenvalue weighted by atomic mass is 9.92. The zero-order valence-corrected chi connectivity index (χ0v) is 15.3. The Morgan fingerprint density at radius 1 is 0.821 bits per heavy atom. The van der Waals surface area contributed by atoms with E-state index in [1.165, 1.54) is 30.3 Å². The number of fused-ring (bicyclic) bond motifs is 4. The number of esters is 1. The summed E-state index contributed by atoms with van der Waals surface area (Å²) in [6.07, 6.45) is 0. The van der Waals surface area contributed by atoms with E-state index in [2.05, 4.69) is 0 Å². The molecule has 1 aliphatic rings. The van der Waals surface area contributed by atoms with E-state index in [0.717, 1.165) is 0 Å². The molecule has 0 fully saturated rings. The third-order valence-electron chi connectivity index (χ3n) is 4.56. The van der Waals surface area contributed by atoms with Crippen LogP contribution in [0.1, 0.15) is 22.0 Å². The van der Waals surface area contributed by atoms with Crippen LogP contribution in [-0.2, 0) is 4.79 Å².